The predicted molar refractivity (Wildman–Crippen MR) is 79.6 cm³/mol. The number of halogens is 1. The highest BCUT2D eigenvalue weighted by Crippen LogP contribution is 2.31. The smallest absolute Gasteiger partial charge is 0.237 e. The van der Waals surface area contributed by atoms with Crippen LogP contribution in [0.15, 0.2) is 5.38 Å². The molecule has 20 heavy (non-hydrogen) atoms. The fourth-order valence-electron chi connectivity index (χ4n) is 1.64. The SMILES string of the molecule is CC(C)(NC(=O)CCl)c1csc(NS(=O)(=O)C2CC2)n1. The molecule has 2 rings (SSSR count). The number of nitrogens with zero attached hydrogens (tertiary/aromatic N) is 1. The van der Waals surface area contributed by atoms with Crippen LogP contribution in [0.3, 0.4) is 0 Å². The summed E-state index contributed by atoms with van der Waals surface area (Å²) < 4.78 is 26.1. The molecule has 0 aliphatic heterocycles. The van der Waals surface area contributed by atoms with E-state index in [1.807, 2.05) is 0 Å². The van der Waals surface area contributed by atoms with Gasteiger partial charge in [-0.2, -0.15) is 0 Å². The number of hydrogen-bond donors (Lipinski definition) is 2. The number of rotatable bonds is 6. The zero-order valence-electron chi connectivity index (χ0n) is 11.1. The number of thiazole rings is 1. The topological polar surface area (TPSA) is 88.2 Å². The van der Waals surface area contributed by atoms with Crippen molar-refractivity contribution in [3.8, 4) is 0 Å². The van der Waals surface area contributed by atoms with Crippen LogP contribution >= 0.6 is 22.9 Å². The Morgan fingerprint density at radius 1 is 1.55 bits per heavy atom. The molecule has 1 aromatic heterocycles. The number of carbonyl (C=O) groups is 1. The Morgan fingerprint density at radius 2 is 2.20 bits per heavy atom. The van der Waals surface area contributed by atoms with E-state index in [0.717, 1.165) is 0 Å². The first-order valence-corrected chi connectivity index (χ1v) is 9.05. The molecule has 0 saturated heterocycles. The molecule has 0 atom stereocenters. The van der Waals surface area contributed by atoms with Crippen LogP contribution in [0.2, 0.25) is 0 Å². The Labute approximate surface area is 127 Å². The van der Waals surface area contributed by atoms with E-state index >= 15 is 0 Å². The Balaban J connectivity index is 2.10. The minimum Gasteiger partial charge on any atom is -0.345 e. The molecule has 112 valence electrons. The maximum absolute atomic E-state index is 11.8. The van der Waals surface area contributed by atoms with E-state index in [1.54, 1.807) is 19.2 Å². The average molecular weight is 338 g/mol. The molecule has 1 aromatic rings. The maximum Gasteiger partial charge on any atom is 0.237 e. The highest BCUT2D eigenvalue weighted by atomic mass is 35.5. The van der Waals surface area contributed by atoms with Crippen molar-refractivity contribution in [3.05, 3.63) is 11.1 Å². The van der Waals surface area contributed by atoms with E-state index in [2.05, 4.69) is 15.0 Å². The van der Waals surface area contributed by atoms with Crippen molar-refractivity contribution in [2.75, 3.05) is 10.6 Å². The van der Waals surface area contributed by atoms with Crippen molar-refractivity contribution in [1.29, 1.82) is 0 Å². The molecule has 1 amide bonds. The second kappa shape index (κ2) is 5.50. The van der Waals surface area contributed by atoms with Gasteiger partial charge in [0.15, 0.2) is 5.13 Å². The van der Waals surface area contributed by atoms with Crippen LogP contribution in [0.4, 0.5) is 5.13 Å². The van der Waals surface area contributed by atoms with Gasteiger partial charge in [-0.25, -0.2) is 13.4 Å². The van der Waals surface area contributed by atoms with Crippen molar-refractivity contribution in [2.45, 2.75) is 37.5 Å². The summed E-state index contributed by atoms with van der Waals surface area (Å²) >= 11 is 6.66. The van der Waals surface area contributed by atoms with Crippen molar-refractivity contribution in [2.24, 2.45) is 0 Å². The maximum atomic E-state index is 11.8. The molecule has 2 N–H and O–H groups in total. The van der Waals surface area contributed by atoms with Crippen molar-refractivity contribution in [1.82, 2.24) is 10.3 Å². The average Bonchev–Trinajstić information content (AvgIpc) is 3.10. The number of hydrogen-bond acceptors (Lipinski definition) is 5. The van der Waals surface area contributed by atoms with Crippen molar-refractivity contribution < 1.29 is 13.2 Å². The number of sulfonamides is 1. The number of carbonyl (C=O) groups excluding carboxylic acids is 1. The van der Waals surface area contributed by atoms with Gasteiger partial charge in [0.05, 0.1) is 16.5 Å². The minimum atomic E-state index is -3.31. The van der Waals surface area contributed by atoms with Gasteiger partial charge < -0.3 is 5.32 Å². The number of nitrogens with one attached hydrogen (secondary N) is 2. The Morgan fingerprint density at radius 3 is 2.75 bits per heavy atom. The molecule has 0 radical (unpaired) electrons. The molecule has 0 unspecified atom stereocenters. The van der Waals surface area contributed by atoms with E-state index in [1.165, 1.54) is 11.3 Å². The van der Waals surface area contributed by atoms with Gasteiger partial charge >= 0.3 is 0 Å². The van der Waals surface area contributed by atoms with Crippen LogP contribution in [-0.4, -0.2) is 30.4 Å². The quantitative estimate of drug-likeness (QED) is 0.772. The Kier molecular flexibility index (Phi) is 4.27. The Bertz CT molecular complexity index is 608. The number of aromatic nitrogens is 1. The first-order chi connectivity index (χ1) is 9.24. The summed E-state index contributed by atoms with van der Waals surface area (Å²) in [6, 6.07) is 0. The third-order valence-electron chi connectivity index (χ3n) is 2.91. The molecule has 0 spiro atoms. The lowest BCUT2D eigenvalue weighted by molar-refractivity contribution is -0.120. The van der Waals surface area contributed by atoms with Gasteiger partial charge in [-0.3, -0.25) is 9.52 Å². The lowest BCUT2D eigenvalue weighted by Crippen LogP contribution is -2.41. The molecular formula is C11H16ClN3O3S2. The van der Waals surface area contributed by atoms with E-state index in [9.17, 15) is 13.2 Å². The molecule has 1 saturated carbocycles. The zero-order chi connectivity index (χ0) is 15.0. The van der Waals surface area contributed by atoms with Gasteiger partial charge in [0.1, 0.15) is 5.88 Å². The molecule has 1 aliphatic rings. The highest BCUT2D eigenvalue weighted by Gasteiger charge is 2.36. The lowest BCUT2D eigenvalue weighted by atomic mass is 10.0. The van der Waals surface area contributed by atoms with Gasteiger partial charge in [-0.05, 0) is 26.7 Å². The van der Waals surface area contributed by atoms with E-state index in [4.69, 9.17) is 11.6 Å². The molecule has 9 heteroatoms. The van der Waals surface area contributed by atoms with Crippen molar-refractivity contribution >= 4 is 44.0 Å². The standard InChI is InChI=1S/C11H16ClN3O3S2/c1-11(2,14-9(16)5-12)8-6-19-10(13-8)15-20(17,18)7-3-4-7/h6-7H,3-5H2,1-2H3,(H,13,15)(H,14,16). The van der Waals surface area contributed by atoms with Gasteiger partial charge in [-0.15, -0.1) is 22.9 Å². The summed E-state index contributed by atoms with van der Waals surface area (Å²) in [5.74, 6) is -0.431. The third-order valence-corrected chi connectivity index (χ3v) is 5.87. The van der Waals surface area contributed by atoms with Gasteiger partial charge in [0.25, 0.3) is 0 Å². The van der Waals surface area contributed by atoms with Gasteiger partial charge in [-0.1, -0.05) is 0 Å². The summed E-state index contributed by atoms with van der Waals surface area (Å²) in [5.41, 5.74) is -0.111. The molecular weight excluding hydrogens is 322 g/mol. The van der Waals surface area contributed by atoms with Gasteiger partial charge in [0.2, 0.25) is 15.9 Å². The summed E-state index contributed by atoms with van der Waals surface area (Å²) in [4.78, 5) is 15.6. The first kappa shape index (κ1) is 15.5. The first-order valence-electron chi connectivity index (χ1n) is 6.09. The fraction of sp³-hybridized carbons (Fsp3) is 0.636. The van der Waals surface area contributed by atoms with E-state index in [0.29, 0.717) is 23.7 Å². The zero-order valence-corrected chi connectivity index (χ0v) is 13.5. The van der Waals surface area contributed by atoms with Gasteiger partial charge in [0, 0.05) is 5.38 Å². The van der Waals surface area contributed by atoms with Crippen LogP contribution in [-0.2, 0) is 20.4 Å². The molecule has 1 fully saturated rings. The van der Waals surface area contributed by atoms with E-state index in [-0.39, 0.29) is 17.0 Å². The monoisotopic (exact) mass is 337 g/mol. The van der Waals surface area contributed by atoms with Crippen LogP contribution < -0.4 is 10.0 Å². The molecule has 1 heterocycles. The lowest BCUT2D eigenvalue weighted by Gasteiger charge is -2.23. The fourth-order valence-corrected chi connectivity index (χ4v) is 4.18. The molecule has 6 nitrogen and oxygen atoms in total. The molecule has 1 aliphatic carbocycles. The largest absolute Gasteiger partial charge is 0.345 e. The second-order valence-electron chi connectivity index (χ2n) is 5.19. The highest BCUT2D eigenvalue weighted by molar-refractivity contribution is 7.93. The Hall–Kier alpha value is -0.860. The number of alkyl halides is 1. The predicted octanol–water partition coefficient (Wildman–Crippen LogP) is 1.64. The summed E-state index contributed by atoms with van der Waals surface area (Å²) in [6.07, 6.45) is 1.40. The summed E-state index contributed by atoms with van der Waals surface area (Å²) in [7, 11) is -3.31. The number of amides is 1. The minimum absolute atomic E-state index is 0.130. The normalized spacial score (nSPS) is 15.9. The molecule has 0 bridgehead atoms. The van der Waals surface area contributed by atoms with Crippen LogP contribution in [0.1, 0.15) is 32.4 Å². The van der Waals surface area contributed by atoms with Crippen molar-refractivity contribution in [3.63, 3.8) is 0 Å². The molecule has 0 aromatic carbocycles. The van der Waals surface area contributed by atoms with Crippen LogP contribution in [0.25, 0.3) is 0 Å². The number of anilines is 1. The third kappa shape index (κ3) is 3.62. The second-order valence-corrected chi connectivity index (χ2v) is 8.28. The summed E-state index contributed by atoms with van der Waals surface area (Å²) in [6.45, 7) is 3.57. The van der Waals surface area contributed by atoms with Crippen LogP contribution in [0.5, 0.6) is 0 Å². The summed E-state index contributed by atoms with van der Waals surface area (Å²) in [5, 5.41) is 4.48. The van der Waals surface area contributed by atoms with E-state index < -0.39 is 15.6 Å². The van der Waals surface area contributed by atoms with Crippen LogP contribution in [0, 0.1) is 0 Å².